The number of benzene rings is 1. The molecule has 0 saturated carbocycles. The first-order chi connectivity index (χ1) is 43.2. The van der Waals surface area contributed by atoms with Crippen molar-refractivity contribution in [3.05, 3.63) is 54.2 Å². The van der Waals surface area contributed by atoms with Crippen molar-refractivity contribution in [1.82, 2.24) is 78.8 Å². The molecule has 0 unspecified atom stereocenters. The van der Waals surface area contributed by atoms with Crippen LogP contribution in [0.5, 0.6) is 0 Å². The second-order valence-corrected chi connectivity index (χ2v) is 23.4. The van der Waals surface area contributed by atoms with Crippen LogP contribution in [0.25, 0.3) is 10.9 Å². The summed E-state index contributed by atoms with van der Waals surface area (Å²) in [5, 5.41) is 31.1. The number of nitrogens with one attached hydrogen (secondary N) is 14. The van der Waals surface area contributed by atoms with Gasteiger partial charge in [-0.3, -0.25) is 67.1 Å². The highest BCUT2D eigenvalue weighted by Gasteiger charge is 2.34. The van der Waals surface area contributed by atoms with Crippen molar-refractivity contribution in [2.24, 2.45) is 29.0 Å². The second-order valence-electron chi connectivity index (χ2n) is 22.1. The van der Waals surface area contributed by atoms with E-state index in [0.29, 0.717) is 27.9 Å². The smallest absolute Gasteiger partial charge is 0.243 e. The maximum Gasteiger partial charge on any atom is 0.243 e. The highest BCUT2D eigenvalue weighted by molar-refractivity contribution is 7.98. The summed E-state index contributed by atoms with van der Waals surface area (Å²) < 4.78 is 0. The van der Waals surface area contributed by atoms with Crippen LogP contribution >= 0.6 is 24.4 Å². The fraction of sp³-hybridized carbons (Fsp3) is 0.561. The molecule has 0 aliphatic rings. The highest BCUT2D eigenvalue weighted by atomic mass is 32.2. The summed E-state index contributed by atoms with van der Waals surface area (Å²) in [4.78, 5) is 193. The average Bonchev–Trinajstić information content (AvgIpc) is 1.84. The van der Waals surface area contributed by atoms with Crippen LogP contribution in [0.15, 0.2) is 43.0 Å². The number of fused-ring (bicyclic) bond motifs is 1. The average molecular weight is 1310 g/mol. The topological polar surface area (TPSA) is 506 Å². The number of nitrogens with two attached hydrogens (primary N) is 3. The zero-order valence-corrected chi connectivity index (χ0v) is 53.6. The molecule has 20 N–H and O–H groups in total. The van der Waals surface area contributed by atoms with Crippen LogP contribution < -0.4 is 81.0 Å². The molecule has 0 spiro atoms. The fourth-order valence-electron chi connectivity index (χ4n) is 8.82. The Morgan fingerprint density at radius 3 is 1.79 bits per heavy atom. The lowest BCUT2D eigenvalue weighted by Gasteiger charge is -2.26. The SMILES string of the molecule is CSCC[C@H](NC(=O)[C@H](CC(C)C)NC(=O)[C@H](Cc1cnc[nH]1)NC(=O)CNC(=O)[C@@H](NC(=O)[C@H](C)NC(=O)[C@H](Cc1c[nH]c2ccccc12)NC(=O)[C@H](CCC(N)=O)NC(=O)CCCCNC(=O)CNC(=O)[C@H](CS)NC(=O)CNC(=O)CN)C(C)C)C(N)=O. The minimum atomic E-state index is -1.41. The Morgan fingerprint density at radius 1 is 0.571 bits per heavy atom. The van der Waals surface area contributed by atoms with Crippen molar-refractivity contribution < 1.29 is 67.1 Å². The van der Waals surface area contributed by atoms with Gasteiger partial charge in [0.1, 0.15) is 48.3 Å². The number of unbranched alkanes of at least 4 members (excludes halogenated alkanes) is 1. The number of thiol groups is 1. The number of thioether (sulfide) groups is 1. The lowest BCUT2D eigenvalue weighted by molar-refractivity contribution is -0.135. The Balaban J connectivity index is 1.67. The van der Waals surface area contributed by atoms with Crippen LogP contribution in [0.1, 0.15) is 90.8 Å². The molecule has 8 atom stereocenters. The predicted molar refractivity (Wildman–Crippen MR) is 339 cm³/mol. The Bertz CT molecular complexity index is 2980. The number of aromatic amines is 2. The van der Waals surface area contributed by atoms with Crippen LogP contribution in [-0.4, -0.2) is 196 Å². The number of carbonyl (C=O) groups excluding carboxylic acids is 14. The minimum absolute atomic E-state index is 0.0808. The van der Waals surface area contributed by atoms with E-state index in [4.69, 9.17) is 17.2 Å². The molecule has 32 nitrogen and oxygen atoms in total. The summed E-state index contributed by atoms with van der Waals surface area (Å²) >= 11 is 5.51. The first-order valence-corrected chi connectivity index (χ1v) is 31.6. The molecule has 0 bridgehead atoms. The largest absolute Gasteiger partial charge is 0.370 e. The summed E-state index contributed by atoms with van der Waals surface area (Å²) in [5.41, 5.74) is 17.9. The molecule has 0 radical (unpaired) electrons. The molecule has 0 saturated heterocycles. The van der Waals surface area contributed by atoms with Crippen molar-refractivity contribution in [1.29, 1.82) is 0 Å². The van der Waals surface area contributed by atoms with Gasteiger partial charge in [0, 0.05) is 67.0 Å². The molecule has 0 fully saturated rings. The molecule has 1 aromatic carbocycles. The number of carbonyl (C=O) groups is 14. The number of nitrogens with zero attached hydrogens (tertiary/aromatic N) is 1. The summed E-state index contributed by atoms with van der Waals surface area (Å²) in [6.07, 6.45) is 6.17. The van der Waals surface area contributed by atoms with E-state index in [9.17, 15) is 67.1 Å². The Morgan fingerprint density at radius 2 is 1.16 bits per heavy atom. The minimum Gasteiger partial charge on any atom is -0.370 e. The molecule has 3 aromatic rings. The monoisotopic (exact) mass is 1310 g/mol. The zero-order chi connectivity index (χ0) is 67.7. The third kappa shape index (κ3) is 28.3. The number of H-pyrrole nitrogens is 2. The molecular weight excluding hydrogens is 1220 g/mol. The van der Waals surface area contributed by atoms with Gasteiger partial charge in [-0.25, -0.2) is 4.98 Å². The normalized spacial score (nSPS) is 13.7. The van der Waals surface area contributed by atoms with Crippen LogP contribution in [-0.2, 0) is 80.0 Å². The number of hydrogen-bond donors (Lipinski definition) is 18. The first kappa shape index (κ1) is 76.5. The molecule has 34 heteroatoms. The van der Waals surface area contributed by atoms with Gasteiger partial charge in [0.05, 0.1) is 32.5 Å². The van der Waals surface area contributed by atoms with Crippen LogP contribution in [0.4, 0.5) is 0 Å². The summed E-state index contributed by atoms with van der Waals surface area (Å²) in [6, 6.07) is -2.82. The van der Waals surface area contributed by atoms with E-state index in [0.717, 1.165) is 0 Å². The Hall–Kier alpha value is -8.79. The Labute approximate surface area is 536 Å². The molecule has 2 heterocycles. The van der Waals surface area contributed by atoms with Crippen molar-refractivity contribution in [2.75, 3.05) is 50.5 Å². The standard InChI is InChI=1S/C57H88N18O14S2/c1-30(2)19-39(55(87)72-37(50(60)82)16-18-91-6)73-56(88)41(21-34-24-61-29-67-34)70-48(81)27-66-57(89)49(31(3)4)75-51(83)32(5)68-54(86)40(20-33-23-63-36-12-8-7-11-35(33)36)74-53(85)38(14-15-43(59)76)69-44(77)13-9-10-17-62-46(79)25-65-52(84)42(28-90)71-47(80)26-64-45(78)22-58/h7-8,11-12,23-24,29-32,37-42,49,63,90H,9-10,13-22,25-28,58H2,1-6H3,(H2,59,76)(H2,60,82)(H,61,67)(H,62,79)(H,64,78)(H,65,84)(H,66,89)(H,68,86)(H,69,77)(H,70,81)(H,71,80)(H,72,87)(H,73,88)(H,74,85)(H,75,83)/t32-,37-,38-,39-,40-,41-,42-,49-/m0/s1. The quantitative estimate of drug-likeness (QED) is 0.0187. The zero-order valence-electron chi connectivity index (χ0n) is 51.9. The number of hydrogen-bond acceptors (Lipinski definition) is 18. The molecule has 91 heavy (non-hydrogen) atoms. The van der Waals surface area contributed by atoms with Gasteiger partial charge >= 0.3 is 0 Å². The van der Waals surface area contributed by atoms with Crippen LogP contribution in [0.3, 0.4) is 0 Å². The fourth-order valence-corrected chi connectivity index (χ4v) is 9.54. The maximum atomic E-state index is 14.3. The number of imidazole rings is 1. The van der Waals surface area contributed by atoms with Gasteiger partial charge in [-0.05, 0) is 74.5 Å². The van der Waals surface area contributed by atoms with E-state index in [1.165, 1.54) is 31.2 Å². The summed E-state index contributed by atoms with van der Waals surface area (Å²) in [7, 11) is 0. The van der Waals surface area contributed by atoms with E-state index >= 15 is 0 Å². The number of rotatable bonds is 42. The van der Waals surface area contributed by atoms with Crippen molar-refractivity contribution in [3.8, 4) is 0 Å². The van der Waals surface area contributed by atoms with E-state index in [1.807, 2.05) is 20.1 Å². The van der Waals surface area contributed by atoms with E-state index < -0.39 is 157 Å². The maximum absolute atomic E-state index is 14.3. The number of aromatic nitrogens is 3. The van der Waals surface area contributed by atoms with Crippen LogP contribution in [0, 0.1) is 11.8 Å². The number of amides is 14. The van der Waals surface area contributed by atoms with Gasteiger partial charge in [-0.15, -0.1) is 0 Å². The van der Waals surface area contributed by atoms with E-state index in [-0.39, 0.29) is 82.5 Å². The highest BCUT2D eigenvalue weighted by Crippen LogP contribution is 2.20. The van der Waals surface area contributed by atoms with Crippen molar-refractivity contribution >= 4 is 118 Å². The van der Waals surface area contributed by atoms with Gasteiger partial charge in [0.15, 0.2) is 0 Å². The van der Waals surface area contributed by atoms with Gasteiger partial charge in [-0.1, -0.05) is 45.9 Å². The van der Waals surface area contributed by atoms with Gasteiger partial charge in [0.2, 0.25) is 82.7 Å². The number of primary amides is 2. The number of para-hydroxylation sites is 1. The van der Waals surface area contributed by atoms with E-state index in [1.54, 1.807) is 44.3 Å². The van der Waals surface area contributed by atoms with Crippen molar-refractivity contribution in [2.45, 2.75) is 141 Å². The molecule has 0 aliphatic heterocycles. The summed E-state index contributed by atoms with van der Waals surface area (Å²) in [5.74, 6) is -10.6. The van der Waals surface area contributed by atoms with Crippen molar-refractivity contribution in [3.63, 3.8) is 0 Å². The Kier molecular flexibility index (Phi) is 33.7. The first-order valence-electron chi connectivity index (χ1n) is 29.5. The van der Waals surface area contributed by atoms with Gasteiger partial charge in [0.25, 0.3) is 0 Å². The lowest BCUT2D eigenvalue weighted by atomic mass is 10.0. The molecule has 0 aliphatic carbocycles. The molecule has 502 valence electrons. The van der Waals surface area contributed by atoms with Gasteiger partial charge < -0.3 is 91.0 Å². The third-order valence-electron chi connectivity index (χ3n) is 13.8. The molecular formula is C57H88N18O14S2. The van der Waals surface area contributed by atoms with E-state index in [2.05, 4.69) is 91.4 Å². The molecule has 2 aromatic heterocycles. The second kappa shape index (κ2) is 40.1. The predicted octanol–water partition coefficient (Wildman–Crippen LogP) is -4.70. The van der Waals surface area contributed by atoms with Crippen LogP contribution in [0.2, 0.25) is 0 Å². The van der Waals surface area contributed by atoms with Gasteiger partial charge in [-0.2, -0.15) is 24.4 Å². The molecule has 14 amide bonds. The third-order valence-corrected chi connectivity index (χ3v) is 14.8. The summed E-state index contributed by atoms with van der Waals surface area (Å²) in [6.45, 7) is 6.43. The lowest BCUT2D eigenvalue weighted by Crippen LogP contribution is -2.59. The molecule has 3 rings (SSSR count).